The van der Waals surface area contributed by atoms with E-state index in [1.807, 2.05) is 30.3 Å². The number of halogens is 1. The van der Waals surface area contributed by atoms with Crippen molar-refractivity contribution in [3.63, 3.8) is 0 Å². The predicted molar refractivity (Wildman–Crippen MR) is 121 cm³/mol. The fourth-order valence-electron chi connectivity index (χ4n) is 4.47. The Bertz CT molecular complexity index is 911. The number of nitrogens with one attached hydrogen (secondary N) is 1. The van der Waals surface area contributed by atoms with Gasteiger partial charge in [0.25, 0.3) is 0 Å². The van der Waals surface area contributed by atoms with Gasteiger partial charge >= 0.3 is 6.09 Å². The summed E-state index contributed by atoms with van der Waals surface area (Å²) in [6.07, 6.45) is 7.07. The molecule has 172 valence electrons. The van der Waals surface area contributed by atoms with Crippen LogP contribution < -0.4 is 10.1 Å². The van der Waals surface area contributed by atoms with E-state index < -0.39 is 0 Å². The standard InChI is InChI=1S/C24H29ClN2O5/c1-30-13-14-32-24(29)27-10-9-19-20-15-17(25)5-8-21(20)26-22(19)23(27)16-3-6-18(7-4-16)31-12-2-11-28/h3-8,15,20-21,23,26,28H,2,9-14H2,1H3. The lowest BCUT2D eigenvalue weighted by atomic mass is 9.85. The molecule has 0 saturated carbocycles. The van der Waals surface area contributed by atoms with Crippen molar-refractivity contribution in [2.45, 2.75) is 24.9 Å². The lowest BCUT2D eigenvalue weighted by Crippen LogP contribution is -2.42. The van der Waals surface area contributed by atoms with Crippen molar-refractivity contribution in [1.29, 1.82) is 0 Å². The van der Waals surface area contributed by atoms with Crippen LogP contribution in [0.2, 0.25) is 0 Å². The molecular formula is C24H29ClN2O5. The molecule has 0 aromatic heterocycles. The average molecular weight is 461 g/mol. The van der Waals surface area contributed by atoms with E-state index in [1.165, 1.54) is 5.57 Å². The molecular weight excluding hydrogens is 432 g/mol. The second-order valence-electron chi connectivity index (χ2n) is 7.99. The van der Waals surface area contributed by atoms with Crippen LogP contribution >= 0.6 is 11.6 Å². The van der Waals surface area contributed by atoms with Crippen molar-refractivity contribution in [3.8, 4) is 5.75 Å². The van der Waals surface area contributed by atoms with Crippen LogP contribution in [0, 0.1) is 5.92 Å². The largest absolute Gasteiger partial charge is 0.494 e. The Morgan fingerprint density at radius 2 is 2.06 bits per heavy atom. The molecule has 4 rings (SSSR count). The third-order valence-electron chi connectivity index (χ3n) is 5.98. The van der Waals surface area contributed by atoms with Crippen LogP contribution in [-0.2, 0) is 9.47 Å². The number of aliphatic hydroxyl groups excluding tert-OH is 1. The highest BCUT2D eigenvalue weighted by Crippen LogP contribution is 2.44. The Labute approximate surface area is 193 Å². The van der Waals surface area contributed by atoms with Crippen molar-refractivity contribution in [1.82, 2.24) is 10.2 Å². The molecule has 3 unspecified atom stereocenters. The Kier molecular flexibility index (Phi) is 7.40. The molecule has 3 atom stereocenters. The fraction of sp³-hybridized carbons (Fsp3) is 0.458. The third-order valence-corrected chi connectivity index (χ3v) is 6.23. The van der Waals surface area contributed by atoms with Gasteiger partial charge in [-0.3, -0.25) is 4.90 Å². The number of hydrogen-bond donors (Lipinski definition) is 2. The zero-order valence-electron chi connectivity index (χ0n) is 18.1. The van der Waals surface area contributed by atoms with Crippen molar-refractivity contribution in [2.75, 3.05) is 40.1 Å². The van der Waals surface area contributed by atoms with E-state index in [4.69, 9.17) is 30.9 Å². The molecule has 1 aliphatic carbocycles. The smallest absolute Gasteiger partial charge is 0.410 e. The first-order chi connectivity index (χ1) is 15.6. The highest BCUT2D eigenvalue weighted by molar-refractivity contribution is 6.31. The summed E-state index contributed by atoms with van der Waals surface area (Å²) >= 11 is 6.29. The fourth-order valence-corrected chi connectivity index (χ4v) is 4.68. The molecule has 1 aromatic carbocycles. The number of nitrogens with zero attached hydrogens (tertiary/aromatic N) is 1. The van der Waals surface area contributed by atoms with Gasteiger partial charge in [-0.1, -0.05) is 35.9 Å². The van der Waals surface area contributed by atoms with Gasteiger partial charge in [-0.05, 0) is 35.8 Å². The number of rotatable bonds is 8. The maximum Gasteiger partial charge on any atom is 0.410 e. The van der Waals surface area contributed by atoms with E-state index in [1.54, 1.807) is 12.0 Å². The van der Waals surface area contributed by atoms with Gasteiger partial charge in [0.15, 0.2) is 0 Å². The average Bonchev–Trinajstić information content (AvgIpc) is 3.17. The van der Waals surface area contributed by atoms with Crippen LogP contribution in [0.4, 0.5) is 4.79 Å². The van der Waals surface area contributed by atoms with Crippen molar-refractivity contribution in [2.24, 2.45) is 5.92 Å². The summed E-state index contributed by atoms with van der Waals surface area (Å²) in [5.74, 6) is 0.921. The minimum atomic E-state index is -0.359. The molecule has 2 N–H and O–H groups in total. The van der Waals surface area contributed by atoms with Gasteiger partial charge < -0.3 is 24.6 Å². The molecule has 0 bridgehead atoms. The van der Waals surface area contributed by atoms with E-state index in [-0.39, 0.29) is 37.3 Å². The second-order valence-corrected chi connectivity index (χ2v) is 8.43. The summed E-state index contributed by atoms with van der Waals surface area (Å²) in [4.78, 5) is 14.7. The van der Waals surface area contributed by atoms with Gasteiger partial charge in [-0.2, -0.15) is 0 Å². The SMILES string of the molecule is COCCOC(=O)N1CCC2=C(NC3C=CC(Cl)=CC23)C1c1ccc(OCCCO)cc1. The van der Waals surface area contributed by atoms with Crippen LogP contribution in [0.15, 0.2) is 58.8 Å². The van der Waals surface area contributed by atoms with Gasteiger partial charge in [0.05, 0.1) is 19.3 Å². The van der Waals surface area contributed by atoms with Crippen LogP contribution in [0.1, 0.15) is 24.4 Å². The first-order valence-corrected chi connectivity index (χ1v) is 11.3. The number of amides is 1. The number of allylic oxidation sites excluding steroid dienone is 2. The quantitative estimate of drug-likeness (QED) is 0.578. The summed E-state index contributed by atoms with van der Waals surface area (Å²) < 4.78 is 16.1. The Balaban J connectivity index is 1.61. The molecule has 0 fully saturated rings. The molecule has 0 spiro atoms. The van der Waals surface area contributed by atoms with Crippen LogP contribution in [-0.4, -0.2) is 62.2 Å². The maximum atomic E-state index is 13.0. The number of carbonyl (C=O) groups excluding carboxylic acids is 1. The number of fused-ring (bicyclic) bond motifs is 2. The molecule has 32 heavy (non-hydrogen) atoms. The van der Waals surface area contributed by atoms with E-state index in [9.17, 15) is 4.79 Å². The van der Waals surface area contributed by atoms with Crippen molar-refractivity contribution < 1.29 is 24.1 Å². The number of aliphatic hydroxyl groups is 1. The van der Waals surface area contributed by atoms with E-state index in [2.05, 4.69) is 17.5 Å². The van der Waals surface area contributed by atoms with Crippen molar-refractivity contribution in [3.05, 3.63) is 64.4 Å². The zero-order valence-corrected chi connectivity index (χ0v) is 18.9. The van der Waals surface area contributed by atoms with E-state index >= 15 is 0 Å². The highest BCUT2D eigenvalue weighted by atomic mass is 35.5. The van der Waals surface area contributed by atoms with Gasteiger partial charge in [0.2, 0.25) is 0 Å². The normalized spacial score (nSPS) is 23.9. The molecule has 3 aliphatic rings. The first-order valence-electron chi connectivity index (χ1n) is 10.9. The number of carbonyl (C=O) groups is 1. The molecule has 0 radical (unpaired) electrons. The summed E-state index contributed by atoms with van der Waals surface area (Å²) in [6, 6.07) is 7.60. The number of methoxy groups -OCH3 is 1. The molecule has 2 heterocycles. The predicted octanol–water partition coefficient (Wildman–Crippen LogP) is 3.51. The van der Waals surface area contributed by atoms with E-state index in [0.717, 1.165) is 28.5 Å². The topological polar surface area (TPSA) is 80.3 Å². The van der Waals surface area contributed by atoms with Crippen LogP contribution in [0.3, 0.4) is 0 Å². The maximum absolute atomic E-state index is 13.0. The summed E-state index contributed by atoms with van der Waals surface area (Å²) in [7, 11) is 1.58. The van der Waals surface area contributed by atoms with Gasteiger partial charge in [-0.25, -0.2) is 4.79 Å². The second kappa shape index (κ2) is 10.4. The first kappa shape index (κ1) is 22.7. The Hall–Kier alpha value is -2.48. The molecule has 2 aliphatic heterocycles. The summed E-state index contributed by atoms with van der Waals surface area (Å²) in [6.45, 7) is 1.68. The monoisotopic (exact) mass is 460 g/mol. The van der Waals surface area contributed by atoms with Gasteiger partial charge in [0.1, 0.15) is 18.4 Å². The van der Waals surface area contributed by atoms with Gasteiger partial charge in [-0.15, -0.1) is 0 Å². The number of benzene rings is 1. The Morgan fingerprint density at radius 1 is 1.25 bits per heavy atom. The molecule has 0 saturated heterocycles. The minimum absolute atomic E-state index is 0.0954. The lowest BCUT2D eigenvalue weighted by molar-refractivity contribution is 0.0624. The van der Waals surface area contributed by atoms with E-state index in [0.29, 0.717) is 26.2 Å². The van der Waals surface area contributed by atoms with Crippen LogP contribution in [0.25, 0.3) is 0 Å². The van der Waals surface area contributed by atoms with Crippen LogP contribution in [0.5, 0.6) is 5.75 Å². The summed E-state index contributed by atoms with van der Waals surface area (Å²) in [5.41, 5.74) is 3.29. The highest BCUT2D eigenvalue weighted by Gasteiger charge is 2.43. The third kappa shape index (κ3) is 4.80. The zero-order chi connectivity index (χ0) is 22.5. The summed E-state index contributed by atoms with van der Waals surface area (Å²) in [5, 5.41) is 13.3. The number of ether oxygens (including phenoxy) is 3. The van der Waals surface area contributed by atoms with Crippen molar-refractivity contribution >= 4 is 17.7 Å². The molecule has 1 aromatic rings. The molecule has 8 heteroatoms. The lowest BCUT2D eigenvalue weighted by Gasteiger charge is -2.37. The van der Waals surface area contributed by atoms with Gasteiger partial charge in [0, 0.05) is 43.3 Å². The molecule has 1 amide bonds. The Morgan fingerprint density at radius 3 is 2.81 bits per heavy atom. The number of hydrogen-bond acceptors (Lipinski definition) is 6. The minimum Gasteiger partial charge on any atom is -0.494 e. The molecule has 7 nitrogen and oxygen atoms in total.